The number of phenols is 2. The molecule has 3 heterocycles. The molecule has 4 N–H and O–H groups in total. The normalized spacial score (nSPS) is 20.7. The molecule has 192 valence electrons. The van der Waals surface area contributed by atoms with Crippen LogP contribution in [0.2, 0.25) is 0 Å². The lowest BCUT2D eigenvalue weighted by Crippen LogP contribution is -2.42. The molecule has 0 spiro atoms. The van der Waals surface area contributed by atoms with Crippen LogP contribution < -0.4 is 5.73 Å². The quantitative estimate of drug-likeness (QED) is 0.341. The van der Waals surface area contributed by atoms with Gasteiger partial charge in [0, 0.05) is 30.0 Å². The molecule has 2 aliphatic rings. The van der Waals surface area contributed by atoms with Crippen LogP contribution in [0, 0.1) is 11.7 Å². The molecule has 2 aromatic carbocycles. The van der Waals surface area contributed by atoms with E-state index in [9.17, 15) is 14.6 Å². The number of nitrogens with zero attached hydrogens (tertiary/aromatic N) is 2. The number of hydrogen-bond donors (Lipinski definition) is 3. The Hall–Kier alpha value is -1.72. The molecule has 0 saturated carbocycles. The number of rotatable bonds is 6. The van der Waals surface area contributed by atoms with Gasteiger partial charge in [-0.05, 0) is 75.0 Å². The second-order valence-electron chi connectivity index (χ2n) is 9.16. The zero-order chi connectivity index (χ0) is 22.9. The topological polar surface area (TPSA) is 105 Å². The van der Waals surface area contributed by atoms with Crippen LogP contribution in [0.15, 0.2) is 34.9 Å². The molecule has 1 fully saturated rings. The van der Waals surface area contributed by atoms with Crippen molar-refractivity contribution in [2.45, 2.75) is 44.3 Å². The van der Waals surface area contributed by atoms with Crippen molar-refractivity contribution >= 4 is 44.9 Å². The van der Waals surface area contributed by atoms with Gasteiger partial charge >= 0.3 is 0 Å². The van der Waals surface area contributed by atoms with E-state index >= 15 is 0 Å². The van der Waals surface area contributed by atoms with Crippen molar-refractivity contribution in [2.24, 2.45) is 11.7 Å². The average Bonchev–Trinajstić information content (AvgIpc) is 3.23. The van der Waals surface area contributed by atoms with E-state index < -0.39 is 0 Å². The number of piperidine rings is 1. The van der Waals surface area contributed by atoms with Gasteiger partial charge in [0.2, 0.25) is 0 Å². The number of aromatic nitrogens is 1. The number of hydrogen-bond acceptors (Lipinski definition) is 7. The van der Waals surface area contributed by atoms with Crippen molar-refractivity contribution in [3.63, 3.8) is 0 Å². The number of likely N-dealkylation sites (tertiary alicyclic amines) is 1. The highest BCUT2D eigenvalue weighted by Gasteiger charge is 2.35. The second kappa shape index (κ2) is 12.0. The fourth-order valence-corrected chi connectivity index (χ4v) is 5.31. The molecule has 0 bridgehead atoms. The summed E-state index contributed by atoms with van der Waals surface area (Å²) in [6.07, 6.45) is 4.11. The Morgan fingerprint density at radius 3 is 2.63 bits per heavy atom. The third-order valence-corrected chi connectivity index (χ3v) is 7.16. The van der Waals surface area contributed by atoms with Gasteiger partial charge in [-0.2, -0.15) is 0 Å². The highest BCUT2D eigenvalue weighted by Crippen LogP contribution is 2.42. The number of fused-ring (bicyclic) bond motifs is 2. The third kappa shape index (κ3) is 5.83. The number of phenolic OH excluding ortho intramolecular Hbond substituents is 2. The first kappa shape index (κ1) is 27.9. The van der Waals surface area contributed by atoms with E-state index in [0.717, 1.165) is 67.5 Å². The fraction of sp³-hybridized carbons (Fsp3) is 0.480. The van der Waals surface area contributed by atoms with Crippen LogP contribution in [0.3, 0.4) is 0 Å². The first-order valence-corrected chi connectivity index (χ1v) is 11.7. The Bertz CT molecular complexity index is 1140. The molecule has 0 radical (unpaired) electrons. The molecule has 5 rings (SSSR count). The number of nitrogens with two attached hydrogens (primary N) is 1. The van der Waals surface area contributed by atoms with E-state index in [4.69, 9.17) is 15.0 Å². The van der Waals surface area contributed by atoms with Crippen LogP contribution >= 0.6 is 34.0 Å². The van der Waals surface area contributed by atoms with E-state index in [0.29, 0.717) is 24.5 Å². The van der Waals surface area contributed by atoms with Gasteiger partial charge in [0.1, 0.15) is 5.82 Å². The standard InChI is InChI=1S/C25H30FN3O4.2BrH/c26-16-3-4-18-20(28-33-23(18)12-16)2-1-9-29-10-7-15(8-11-29)22-13-19-17(24(14-27)32-22)5-6-21(30)25(19)31;;/h3-6,12,15,22,24,30-31H,1-2,7-11,13-14,27H2;2*1H. The minimum atomic E-state index is -0.316. The zero-order valence-electron chi connectivity index (χ0n) is 19.4. The number of benzene rings is 2. The lowest BCUT2D eigenvalue weighted by Gasteiger charge is -2.40. The van der Waals surface area contributed by atoms with E-state index in [-0.39, 0.29) is 63.5 Å². The molecule has 2 aliphatic heterocycles. The minimum Gasteiger partial charge on any atom is -0.504 e. The summed E-state index contributed by atoms with van der Waals surface area (Å²) in [6.45, 7) is 3.29. The monoisotopic (exact) mass is 615 g/mol. The van der Waals surface area contributed by atoms with Crippen LogP contribution in [0.1, 0.15) is 42.2 Å². The molecule has 0 aliphatic carbocycles. The summed E-state index contributed by atoms with van der Waals surface area (Å²) in [7, 11) is 0. The van der Waals surface area contributed by atoms with Crippen LogP contribution in [-0.2, 0) is 17.6 Å². The summed E-state index contributed by atoms with van der Waals surface area (Å²) in [5.74, 6) is -0.0623. The number of ether oxygens (including phenoxy) is 1. The van der Waals surface area contributed by atoms with Crippen molar-refractivity contribution in [1.82, 2.24) is 10.1 Å². The molecule has 7 nitrogen and oxygen atoms in total. The van der Waals surface area contributed by atoms with Crippen LogP contribution in [0.5, 0.6) is 11.5 Å². The first-order valence-electron chi connectivity index (χ1n) is 11.7. The predicted octanol–water partition coefficient (Wildman–Crippen LogP) is 4.82. The Morgan fingerprint density at radius 1 is 1.11 bits per heavy atom. The lowest BCUT2D eigenvalue weighted by molar-refractivity contribution is -0.0647. The maximum absolute atomic E-state index is 13.3. The SMILES string of the molecule is Br.Br.NCC1OC(C2CCN(CCCc3noc4cc(F)ccc34)CC2)Cc2c1ccc(O)c2O. The average molecular weight is 617 g/mol. The molecule has 3 aromatic rings. The van der Waals surface area contributed by atoms with Crippen molar-refractivity contribution in [3.05, 3.63) is 53.0 Å². The summed E-state index contributed by atoms with van der Waals surface area (Å²) >= 11 is 0. The van der Waals surface area contributed by atoms with Gasteiger partial charge in [0.15, 0.2) is 17.1 Å². The third-order valence-electron chi connectivity index (χ3n) is 7.16. The van der Waals surface area contributed by atoms with Crippen molar-refractivity contribution in [1.29, 1.82) is 0 Å². The number of halogens is 3. The molecule has 10 heteroatoms. The molecular formula is C25H32Br2FN3O4. The van der Waals surface area contributed by atoms with E-state index in [1.165, 1.54) is 18.2 Å². The summed E-state index contributed by atoms with van der Waals surface area (Å²) < 4.78 is 24.9. The van der Waals surface area contributed by atoms with Gasteiger partial charge in [0.25, 0.3) is 0 Å². The summed E-state index contributed by atoms with van der Waals surface area (Å²) in [5.41, 5.74) is 8.97. The second-order valence-corrected chi connectivity index (χ2v) is 9.16. The number of aryl methyl sites for hydroxylation is 1. The van der Waals surface area contributed by atoms with Crippen LogP contribution in [-0.4, -0.2) is 52.6 Å². The Kier molecular flexibility index (Phi) is 9.56. The Labute approximate surface area is 224 Å². The Morgan fingerprint density at radius 2 is 1.89 bits per heavy atom. The summed E-state index contributed by atoms with van der Waals surface area (Å²) in [4.78, 5) is 2.46. The predicted molar refractivity (Wildman–Crippen MR) is 142 cm³/mol. The minimum absolute atomic E-state index is 0. The van der Waals surface area contributed by atoms with Crippen LogP contribution in [0.4, 0.5) is 4.39 Å². The highest BCUT2D eigenvalue weighted by molar-refractivity contribution is 8.93. The van der Waals surface area contributed by atoms with Crippen molar-refractivity contribution in [2.75, 3.05) is 26.2 Å². The largest absolute Gasteiger partial charge is 0.504 e. The maximum atomic E-state index is 13.3. The molecule has 0 amide bonds. The fourth-order valence-electron chi connectivity index (χ4n) is 5.31. The molecule has 2 atom stereocenters. The molecule has 1 aromatic heterocycles. The van der Waals surface area contributed by atoms with Crippen molar-refractivity contribution < 1.29 is 23.9 Å². The zero-order valence-corrected chi connectivity index (χ0v) is 22.8. The molecule has 2 unspecified atom stereocenters. The highest BCUT2D eigenvalue weighted by atomic mass is 79.9. The summed E-state index contributed by atoms with van der Waals surface area (Å²) in [5, 5.41) is 25.3. The molecule has 1 saturated heterocycles. The Balaban J connectivity index is 0.00000171. The number of aromatic hydroxyl groups is 2. The van der Waals surface area contributed by atoms with Crippen molar-refractivity contribution in [3.8, 4) is 11.5 Å². The smallest absolute Gasteiger partial charge is 0.170 e. The van der Waals surface area contributed by atoms with E-state index in [1.54, 1.807) is 12.1 Å². The lowest BCUT2D eigenvalue weighted by atomic mass is 9.83. The molecule has 35 heavy (non-hydrogen) atoms. The van der Waals surface area contributed by atoms with Crippen LogP contribution in [0.25, 0.3) is 11.0 Å². The first-order chi connectivity index (χ1) is 16.0. The summed E-state index contributed by atoms with van der Waals surface area (Å²) in [6, 6.07) is 7.85. The van der Waals surface area contributed by atoms with E-state index in [2.05, 4.69) is 10.1 Å². The van der Waals surface area contributed by atoms with Gasteiger partial charge in [-0.3, -0.25) is 0 Å². The van der Waals surface area contributed by atoms with Gasteiger partial charge in [-0.25, -0.2) is 4.39 Å². The maximum Gasteiger partial charge on any atom is 0.170 e. The molecular weight excluding hydrogens is 585 g/mol. The van der Waals surface area contributed by atoms with Gasteiger partial charge in [-0.1, -0.05) is 11.2 Å². The van der Waals surface area contributed by atoms with Gasteiger partial charge in [-0.15, -0.1) is 34.0 Å². The van der Waals surface area contributed by atoms with Gasteiger partial charge in [0.05, 0.1) is 17.9 Å². The van der Waals surface area contributed by atoms with Gasteiger partial charge < -0.3 is 30.1 Å². The van der Waals surface area contributed by atoms with E-state index in [1.807, 2.05) is 0 Å².